The molecule has 1 aromatic carbocycles. The third-order valence-corrected chi connectivity index (χ3v) is 5.51. The molecular weight excluding hydrogens is 352 g/mol. The van der Waals surface area contributed by atoms with Gasteiger partial charge in [-0.1, -0.05) is 19.9 Å². The van der Waals surface area contributed by atoms with Crippen LogP contribution in [0.2, 0.25) is 0 Å². The van der Waals surface area contributed by atoms with Gasteiger partial charge in [0.25, 0.3) is 0 Å². The highest BCUT2D eigenvalue weighted by atomic mass is 32.2. The minimum Gasteiger partial charge on any atom is -0.497 e. The van der Waals surface area contributed by atoms with Gasteiger partial charge in [0.05, 0.1) is 18.0 Å². The fourth-order valence-electron chi connectivity index (χ4n) is 2.79. The van der Waals surface area contributed by atoms with Crippen molar-refractivity contribution in [3.8, 4) is 5.75 Å². The van der Waals surface area contributed by atoms with Gasteiger partial charge >= 0.3 is 0 Å². The zero-order chi connectivity index (χ0) is 18.7. The summed E-state index contributed by atoms with van der Waals surface area (Å²) in [6.45, 7) is 4.08. The van der Waals surface area contributed by atoms with Crippen LogP contribution in [0.25, 0.3) is 5.65 Å². The Labute approximate surface area is 153 Å². The van der Waals surface area contributed by atoms with Crippen LogP contribution < -0.4 is 9.46 Å². The van der Waals surface area contributed by atoms with Gasteiger partial charge in [0, 0.05) is 6.20 Å². The molecule has 8 heteroatoms. The summed E-state index contributed by atoms with van der Waals surface area (Å²) in [5, 5.41) is 8.35. The van der Waals surface area contributed by atoms with E-state index in [1.165, 1.54) is 19.2 Å². The Bertz CT molecular complexity index is 981. The topological polar surface area (TPSA) is 85.6 Å². The number of fused-ring (bicyclic) bond motifs is 1. The standard InChI is InChI=1S/C18H22N4O3S/c1-13(2)12-16(18-20-19-17-6-4-5-11-22(17)18)21-26(23,24)15-9-7-14(25-3)8-10-15/h4-11,13,16,21H,12H2,1-3H3/t16-/m0/s1. The number of rotatable bonds is 7. The molecule has 0 spiro atoms. The van der Waals surface area contributed by atoms with Gasteiger partial charge in [-0.05, 0) is 48.7 Å². The smallest absolute Gasteiger partial charge is 0.241 e. The second kappa shape index (κ2) is 7.43. The highest BCUT2D eigenvalue weighted by Gasteiger charge is 2.26. The summed E-state index contributed by atoms with van der Waals surface area (Å²) in [6, 6.07) is 11.4. The lowest BCUT2D eigenvalue weighted by Crippen LogP contribution is -2.31. The van der Waals surface area contributed by atoms with Crippen molar-refractivity contribution in [2.75, 3.05) is 7.11 Å². The first-order valence-electron chi connectivity index (χ1n) is 8.37. The van der Waals surface area contributed by atoms with Crippen molar-refractivity contribution in [1.82, 2.24) is 19.3 Å². The molecule has 0 saturated carbocycles. The molecule has 0 unspecified atom stereocenters. The Balaban J connectivity index is 1.95. The second-order valence-corrected chi connectivity index (χ2v) is 8.18. The van der Waals surface area contributed by atoms with E-state index in [0.717, 1.165) is 0 Å². The average molecular weight is 374 g/mol. The molecule has 0 fully saturated rings. The Morgan fingerprint density at radius 2 is 1.85 bits per heavy atom. The van der Waals surface area contributed by atoms with E-state index < -0.39 is 16.1 Å². The van der Waals surface area contributed by atoms with E-state index in [9.17, 15) is 8.42 Å². The molecule has 2 heterocycles. The molecule has 0 amide bonds. The first kappa shape index (κ1) is 18.3. The van der Waals surface area contributed by atoms with Gasteiger partial charge in [0.15, 0.2) is 11.5 Å². The number of ether oxygens (including phenoxy) is 1. The highest BCUT2D eigenvalue weighted by Crippen LogP contribution is 2.24. The van der Waals surface area contributed by atoms with Gasteiger partial charge in [0.2, 0.25) is 10.0 Å². The predicted octanol–water partition coefficient (Wildman–Crippen LogP) is 2.80. The number of sulfonamides is 1. The molecule has 0 aliphatic heterocycles. The largest absolute Gasteiger partial charge is 0.497 e. The van der Waals surface area contributed by atoms with E-state index in [-0.39, 0.29) is 10.8 Å². The van der Waals surface area contributed by atoms with Crippen molar-refractivity contribution in [3.63, 3.8) is 0 Å². The number of nitrogens with one attached hydrogen (secondary N) is 1. The van der Waals surface area contributed by atoms with Crippen molar-refractivity contribution in [2.45, 2.75) is 31.2 Å². The monoisotopic (exact) mass is 374 g/mol. The molecule has 3 aromatic rings. The highest BCUT2D eigenvalue weighted by molar-refractivity contribution is 7.89. The average Bonchev–Trinajstić information content (AvgIpc) is 3.05. The normalized spacial score (nSPS) is 13.2. The summed E-state index contributed by atoms with van der Waals surface area (Å²) in [6.07, 6.45) is 2.44. The van der Waals surface area contributed by atoms with Crippen LogP contribution in [0.1, 0.15) is 32.1 Å². The minimum atomic E-state index is -3.71. The summed E-state index contributed by atoms with van der Waals surface area (Å²) in [7, 11) is -2.17. The van der Waals surface area contributed by atoms with Crippen LogP contribution in [0.4, 0.5) is 0 Å². The van der Waals surface area contributed by atoms with Gasteiger partial charge < -0.3 is 4.74 Å². The lowest BCUT2D eigenvalue weighted by molar-refractivity contribution is 0.414. The van der Waals surface area contributed by atoms with Crippen molar-refractivity contribution < 1.29 is 13.2 Å². The summed E-state index contributed by atoms with van der Waals surface area (Å²) in [5.74, 6) is 1.45. The third kappa shape index (κ3) is 3.86. The summed E-state index contributed by atoms with van der Waals surface area (Å²) >= 11 is 0. The third-order valence-electron chi connectivity index (χ3n) is 4.03. The van der Waals surface area contributed by atoms with Crippen LogP contribution in [0.5, 0.6) is 5.75 Å². The Hall–Kier alpha value is -2.45. The van der Waals surface area contributed by atoms with Crippen molar-refractivity contribution in [3.05, 3.63) is 54.5 Å². The fraction of sp³-hybridized carbons (Fsp3) is 0.333. The van der Waals surface area contributed by atoms with Gasteiger partial charge in [0.1, 0.15) is 5.75 Å². The maximum absolute atomic E-state index is 12.8. The van der Waals surface area contributed by atoms with Crippen LogP contribution in [-0.4, -0.2) is 30.1 Å². The summed E-state index contributed by atoms with van der Waals surface area (Å²) in [4.78, 5) is 0.181. The fourth-order valence-corrected chi connectivity index (χ4v) is 3.99. The van der Waals surface area contributed by atoms with Crippen LogP contribution in [-0.2, 0) is 10.0 Å². The van der Waals surface area contributed by atoms with Gasteiger partial charge in [-0.2, -0.15) is 0 Å². The van der Waals surface area contributed by atoms with E-state index in [1.807, 2.05) is 42.6 Å². The quantitative estimate of drug-likeness (QED) is 0.687. The van der Waals surface area contributed by atoms with Crippen LogP contribution in [0.15, 0.2) is 53.6 Å². The van der Waals surface area contributed by atoms with Crippen molar-refractivity contribution >= 4 is 15.7 Å². The zero-order valence-electron chi connectivity index (χ0n) is 15.0. The van der Waals surface area contributed by atoms with Crippen molar-refractivity contribution in [2.24, 2.45) is 5.92 Å². The first-order valence-corrected chi connectivity index (χ1v) is 9.85. The van der Waals surface area contributed by atoms with E-state index in [2.05, 4.69) is 14.9 Å². The maximum atomic E-state index is 12.8. The van der Waals surface area contributed by atoms with Crippen LogP contribution >= 0.6 is 0 Å². The molecule has 3 rings (SSSR count). The molecule has 0 aliphatic rings. The van der Waals surface area contributed by atoms with E-state index in [0.29, 0.717) is 23.6 Å². The Kier molecular flexibility index (Phi) is 5.24. The van der Waals surface area contributed by atoms with E-state index in [4.69, 9.17) is 4.74 Å². The predicted molar refractivity (Wildman–Crippen MR) is 98.5 cm³/mol. The number of aromatic nitrogens is 3. The molecule has 0 radical (unpaired) electrons. The Morgan fingerprint density at radius 3 is 2.50 bits per heavy atom. The zero-order valence-corrected chi connectivity index (χ0v) is 15.8. The molecular formula is C18H22N4O3S. The molecule has 0 bridgehead atoms. The molecule has 2 aromatic heterocycles. The van der Waals surface area contributed by atoms with E-state index in [1.54, 1.807) is 12.1 Å². The van der Waals surface area contributed by atoms with Gasteiger partial charge in [-0.25, -0.2) is 13.1 Å². The summed E-state index contributed by atoms with van der Waals surface area (Å²) < 4.78 is 35.4. The van der Waals surface area contributed by atoms with Gasteiger partial charge in [-0.3, -0.25) is 4.40 Å². The number of hydrogen-bond acceptors (Lipinski definition) is 5. The number of benzene rings is 1. The first-order chi connectivity index (χ1) is 12.4. The lowest BCUT2D eigenvalue weighted by Gasteiger charge is -2.19. The molecule has 26 heavy (non-hydrogen) atoms. The van der Waals surface area contributed by atoms with Crippen LogP contribution in [0.3, 0.4) is 0 Å². The number of methoxy groups -OCH3 is 1. The SMILES string of the molecule is COc1ccc(S(=O)(=O)N[C@@H](CC(C)C)c2nnc3ccccn23)cc1. The van der Waals surface area contributed by atoms with Crippen molar-refractivity contribution in [1.29, 1.82) is 0 Å². The number of nitrogens with zero attached hydrogens (tertiary/aromatic N) is 3. The lowest BCUT2D eigenvalue weighted by atomic mass is 10.0. The number of hydrogen-bond donors (Lipinski definition) is 1. The number of pyridine rings is 1. The second-order valence-electron chi connectivity index (χ2n) is 6.47. The molecule has 0 aliphatic carbocycles. The van der Waals surface area contributed by atoms with Gasteiger partial charge in [-0.15, -0.1) is 10.2 Å². The molecule has 0 saturated heterocycles. The molecule has 1 N–H and O–H groups in total. The van der Waals surface area contributed by atoms with Crippen LogP contribution in [0, 0.1) is 5.92 Å². The molecule has 7 nitrogen and oxygen atoms in total. The Morgan fingerprint density at radius 1 is 1.12 bits per heavy atom. The minimum absolute atomic E-state index is 0.181. The molecule has 1 atom stereocenters. The molecule has 138 valence electrons. The summed E-state index contributed by atoms with van der Waals surface area (Å²) in [5.41, 5.74) is 0.680. The van der Waals surface area contributed by atoms with E-state index >= 15 is 0 Å². The maximum Gasteiger partial charge on any atom is 0.241 e.